The number of ether oxygens (including phenoxy) is 4. The summed E-state index contributed by atoms with van der Waals surface area (Å²) in [6.07, 6.45) is -2.85. The maximum atomic E-state index is 11.8. The summed E-state index contributed by atoms with van der Waals surface area (Å²) in [5, 5.41) is 10.0. The molecule has 1 heterocycles. The normalized spacial score (nSPS) is 29.4. The molecule has 6 nitrogen and oxygen atoms in total. The number of hydrogen-bond donors (Lipinski definition) is 1. The first-order valence-electron chi connectivity index (χ1n) is 6.28. The average Bonchev–Trinajstić information content (AvgIpc) is 2.81. The summed E-state index contributed by atoms with van der Waals surface area (Å²) in [7, 11) is 2.92. The molecule has 0 radical (unpaired) electrons. The molecule has 1 aromatic carbocycles. The highest BCUT2D eigenvalue weighted by molar-refractivity contribution is 5.89. The van der Waals surface area contributed by atoms with Gasteiger partial charge in [0.05, 0.1) is 5.56 Å². The van der Waals surface area contributed by atoms with Crippen LogP contribution in [0.2, 0.25) is 0 Å². The van der Waals surface area contributed by atoms with E-state index in [1.165, 1.54) is 14.2 Å². The lowest BCUT2D eigenvalue weighted by Crippen LogP contribution is -2.36. The Morgan fingerprint density at radius 1 is 1.25 bits per heavy atom. The number of hydrogen-bond acceptors (Lipinski definition) is 6. The van der Waals surface area contributed by atoms with Gasteiger partial charge in [-0.1, -0.05) is 18.2 Å². The maximum absolute atomic E-state index is 11.8. The Kier molecular flexibility index (Phi) is 5.08. The van der Waals surface area contributed by atoms with Gasteiger partial charge in [-0.25, -0.2) is 4.79 Å². The van der Waals surface area contributed by atoms with Gasteiger partial charge in [-0.3, -0.25) is 0 Å². The van der Waals surface area contributed by atoms with Gasteiger partial charge < -0.3 is 24.1 Å². The molecule has 1 saturated heterocycles. The predicted molar refractivity (Wildman–Crippen MR) is 69.2 cm³/mol. The molecule has 110 valence electrons. The summed E-state index contributed by atoms with van der Waals surface area (Å²) in [4.78, 5) is 11.8. The monoisotopic (exact) mass is 282 g/mol. The molecule has 1 fully saturated rings. The van der Waals surface area contributed by atoms with E-state index in [0.29, 0.717) is 5.56 Å². The molecule has 20 heavy (non-hydrogen) atoms. The fraction of sp³-hybridized carbons (Fsp3) is 0.500. The highest BCUT2D eigenvalue weighted by atomic mass is 16.7. The molecule has 0 amide bonds. The smallest absolute Gasteiger partial charge is 0.338 e. The lowest BCUT2D eigenvalue weighted by Gasteiger charge is -2.16. The average molecular weight is 282 g/mol. The van der Waals surface area contributed by atoms with Gasteiger partial charge in [0.2, 0.25) is 0 Å². The van der Waals surface area contributed by atoms with Crippen molar-refractivity contribution in [2.75, 3.05) is 20.8 Å². The predicted octanol–water partition coefficient (Wildman–Crippen LogP) is 0.591. The van der Waals surface area contributed by atoms with Crippen LogP contribution >= 0.6 is 0 Å². The molecular formula is C14H18O6. The highest BCUT2D eigenvalue weighted by Gasteiger charge is 2.44. The van der Waals surface area contributed by atoms with Crippen molar-refractivity contribution in [1.29, 1.82) is 0 Å². The van der Waals surface area contributed by atoms with Crippen LogP contribution in [0.15, 0.2) is 30.3 Å². The third kappa shape index (κ3) is 3.16. The molecule has 0 spiro atoms. The third-order valence-corrected chi connectivity index (χ3v) is 3.19. The van der Waals surface area contributed by atoms with E-state index in [-0.39, 0.29) is 6.61 Å². The molecule has 6 heteroatoms. The summed E-state index contributed by atoms with van der Waals surface area (Å²) in [6.45, 7) is -0.0609. The zero-order chi connectivity index (χ0) is 14.5. The molecule has 4 unspecified atom stereocenters. The van der Waals surface area contributed by atoms with E-state index in [1.807, 2.05) is 6.07 Å². The van der Waals surface area contributed by atoms with Gasteiger partial charge in [0.1, 0.15) is 24.9 Å². The fourth-order valence-electron chi connectivity index (χ4n) is 2.10. The van der Waals surface area contributed by atoms with Crippen LogP contribution in [-0.4, -0.2) is 56.5 Å². The SMILES string of the molecule is COC1OC(COC(=O)c2ccccc2)C(O)C1OC. The molecular weight excluding hydrogens is 264 g/mol. The molecule has 1 aliphatic rings. The van der Waals surface area contributed by atoms with Crippen LogP contribution in [0.1, 0.15) is 10.4 Å². The second-order valence-electron chi connectivity index (χ2n) is 4.43. The molecule has 0 aromatic heterocycles. The van der Waals surface area contributed by atoms with Crippen LogP contribution in [0.3, 0.4) is 0 Å². The first kappa shape index (κ1) is 14.9. The lowest BCUT2D eigenvalue weighted by molar-refractivity contribution is -0.159. The quantitative estimate of drug-likeness (QED) is 0.797. The van der Waals surface area contributed by atoms with E-state index < -0.39 is 30.6 Å². The van der Waals surface area contributed by atoms with Crippen LogP contribution in [0.5, 0.6) is 0 Å². The van der Waals surface area contributed by atoms with Crippen molar-refractivity contribution in [3.63, 3.8) is 0 Å². The number of benzene rings is 1. The van der Waals surface area contributed by atoms with Crippen molar-refractivity contribution in [3.05, 3.63) is 35.9 Å². The number of carbonyl (C=O) groups excluding carboxylic acids is 1. The Bertz CT molecular complexity index is 435. The summed E-state index contributed by atoms with van der Waals surface area (Å²) in [6, 6.07) is 8.63. The Balaban J connectivity index is 1.90. The van der Waals surface area contributed by atoms with Crippen LogP contribution < -0.4 is 0 Å². The molecule has 1 N–H and O–H groups in total. The molecule has 4 atom stereocenters. The second-order valence-corrected chi connectivity index (χ2v) is 4.43. The van der Waals surface area contributed by atoms with Crippen LogP contribution in [0, 0.1) is 0 Å². The van der Waals surface area contributed by atoms with E-state index in [1.54, 1.807) is 24.3 Å². The largest absolute Gasteiger partial charge is 0.459 e. The number of methoxy groups -OCH3 is 2. The Morgan fingerprint density at radius 3 is 2.50 bits per heavy atom. The van der Waals surface area contributed by atoms with E-state index in [2.05, 4.69) is 0 Å². The fourth-order valence-corrected chi connectivity index (χ4v) is 2.10. The number of aliphatic hydroxyl groups excluding tert-OH is 1. The van der Waals surface area contributed by atoms with Gasteiger partial charge in [0.15, 0.2) is 6.29 Å². The first-order chi connectivity index (χ1) is 9.67. The molecule has 0 saturated carbocycles. The van der Waals surface area contributed by atoms with E-state index in [0.717, 1.165) is 0 Å². The van der Waals surface area contributed by atoms with Gasteiger partial charge in [-0.2, -0.15) is 0 Å². The van der Waals surface area contributed by atoms with Gasteiger partial charge in [-0.05, 0) is 12.1 Å². The number of carbonyl (C=O) groups is 1. The van der Waals surface area contributed by atoms with Crippen LogP contribution in [-0.2, 0) is 18.9 Å². The maximum Gasteiger partial charge on any atom is 0.338 e. The topological polar surface area (TPSA) is 74.2 Å². The summed E-state index contributed by atoms with van der Waals surface area (Å²) >= 11 is 0. The zero-order valence-electron chi connectivity index (χ0n) is 11.4. The summed E-state index contributed by atoms with van der Waals surface area (Å²) in [5.41, 5.74) is 0.451. The van der Waals surface area contributed by atoms with Crippen molar-refractivity contribution < 1.29 is 28.8 Å². The van der Waals surface area contributed by atoms with Crippen molar-refractivity contribution in [3.8, 4) is 0 Å². The van der Waals surface area contributed by atoms with Gasteiger partial charge in [0, 0.05) is 14.2 Å². The van der Waals surface area contributed by atoms with Gasteiger partial charge >= 0.3 is 5.97 Å². The van der Waals surface area contributed by atoms with Crippen molar-refractivity contribution >= 4 is 5.97 Å². The number of rotatable bonds is 5. The molecule has 2 rings (SSSR count). The minimum Gasteiger partial charge on any atom is -0.459 e. The standard InChI is InChI=1S/C14H18O6/c1-17-12-11(15)10(20-14(12)18-2)8-19-13(16)9-6-4-3-5-7-9/h3-7,10-12,14-15H,8H2,1-2H3. The minimum atomic E-state index is -0.909. The van der Waals surface area contributed by atoms with Gasteiger partial charge in [0.25, 0.3) is 0 Å². The molecule has 0 bridgehead atoms. The van der Waals surface area contributed by atoms with Crippen molar-refractivity contribution in [2.45, 2.75) is 24.6 Å². The minimum absolute atomic E-state index is 0.0609. The second kappa shape index (κ2) is 6.81. The van der Waals surface area contributed by atoms with E-state index in [4.69, 9.17) is 18.9 Å². The molecule has 1 aromatic rings. The third-order valence-electron chi connectivity index (χ3n) is 3.19. The number of aliphatic hydroxyl groups is 1. The van der Waals surface area contributed by atoms with Crippen molar-refractivity contribution in [1.82, 2.24) is 0 Å². The Morgan fingerprint density at radius 2 is 1.95 bits per heavy atom. The van der Waals surface area contributed by atoms with E-state index in [9.17, 15) is 9.90 Å². The molecule has 0 aliphatic carbocycles. The van der Waals surface area contributed by atoms with Crippen LogP contribution in [0.4, 0.5) is 0 Å². The summed E-state index contributed by atoms with van der Waals surface area (Å²) in [5.74, 6) is -0.462. The number of esters is 1. The molecule has 1 aliphatic heterocycles. The van der Waals surface area contributed by atoms with Gasteiger partial charge in [-0.15, -0.1) is 0 Å². The Labute approximate surface area is 117 Å². The summed E-state index contributed by atoms with van der Waals surface area (Å²) < 4.78 is 20.7. The van der Waals surface area contributed by atoms with E-state index >= 15 is 0 Å². The van der Waals surface area contributed by atoms with Crippen molar-refractivity contribution in [2.24, 2.45) is 0 Å². The lowest BCUT2D eigenvalue weighted by atomic mass is 10.1. The van der Waals surface area contributed by atoms with Crippen LogP contribution in [0.25, 0.3) is 0 Å². The first-order valence-corrected chi connectivity index (χ1v) is 6.28. The highest BCUT2D eigenvalue weighted by Crippen LogP contribution is 2.24. The zero-order valence-corrected chi connectivity index (χ0v) is 11.4. The Hall–Kier alpha value is -1.47.